The van der Waals surface area contributed by atoms with Crippen LogP contribution in [0, 0.1) is 5.92 Å². The first-order valence-corrected chi connectivity index (χ1v) is 41.9. The van der Waals surface area contributed by atoms with E-state index in [1.54, 1.807) is 55.5 Å². The molecule has 39 nitrogen and oxygen atoms in total. The molecular formula is C78H124N9O30P. The van der Waals surface area contributed by atoms with Crippen LogP contribution < -0.4 is 47.9 Å². The van der Waals surface area contributed by atoms with E-state index < -0.39 is 160 Å². The molecular weight excluding hydrogens is 1570 g/mol. The number of hydrogen-bond acceptors (Lipinski definition) is 27. The molecule has 2 aromatic rings. The zero-order chi connectivity index (χ0) is 86.4. The number of carbonyl (C=O) groups is 12. The summed E-state index contributed by atoms with van der Waals surface area (Å²) < 4.78 is 72.7. The van der Waals surface area contributed by atoms with Crippen molar-refractivity contribution < 1.29 is 145 Å². The van der Waals surface area contributed by atoms with Crippen LogP contribution in [0.2, 0.25) is 0 Å². The minimum absolute atomic E-state index is 0.00301. The van der Waals surface area contributed by atoms with Crippen molar-refractivity contribution in [2.45, 2.75) is 146 Å². The third kappa shape index (κ3) is 49.7. The fourth-order valence-electron chi connectivity index (χ4n) is 11.3. The summed E-state index contributed by atoms with van der Waals surface area (Å²) >= 11 is 0. The van der Waals surface area contributed by atoms with Crippen LogP contribution in [0.1, 0.15) is 121 Å². The van der Waals surface area contributed by atoms with E-state index in [9.17, 15) is 87.4 Å². The summed E-state index contributed by atoms with van der Waals surface area (Å²) in [5.74, 6) is -11.3. The summed E-state index contributed by atoms with van der Waals surface area (Å²) in [5.41, 5.74) is 1.23. The second-order valence-electron chi connectivity index (χ2n) is 27.2. The molecule has 1 fully saturated rings. The molecule has 0 aromatic heterocycles. The lowest BCUT2D eigenvalue weighted by Crippen LogP contribution is -2.60. The Bertz CT molecular complexity index is 3350. The number of benzene rings is 2. The summed E-state index contributed by atoms with van der Waals surface area (Å²) in [5, 5.41) is 71.4. The molecule has 15 N–H and O–H groups in total. The van der Waals surface area contributed by atoms with Gasteiger partial charge in [-0.05, 0) is 49.1 Å². The van der Waals surface area contributed by atoms with Gasteiger partial charge in [0.1, 0.15) is 54.9 Å². The largest absolute Gasteiger partial charge is 0.508 e. The number of aliphatic hydroxyl groups excluding tert-OH is 2. The van der Waals surface area contributed by atoms with Gasteiger partial charge < -0.3 is 130 Å². The van der Waals surface area contributed by atoms with Gasteiger partial charge in [0.25, 0.3) is 0 Å². The molecule has 8 unspecified atom stereocenters. The van der Waals surface area contributed by atoms with Crippen LogP contribution in [0.3, 0.4) is 0 Å². The fourth-order valence-corrected chi connectivity index (χ4v) is 13.0. The van der Waals surface area contributed by atoms with E-state index in [4.69, 9.17) is 57.2 Å². The Morgan fingerprint density at radius 3 is 1.51 bits per heavy atom. The number of aromatic hydroxyl groups is 1. The molecule has 0 spiro atoms. The van der Waals surface area contributed by atoms with Crippen molar-refractivity contribution in [1.82, 2.24) is 47.9 Å². The molecule has 0 saturated carbocycles. The van der Waals surface area contributed by atoms with Crippen LogP contribution in [-0.2, 0) is 121 Å². The Morgan fingerprint density at radius 2 is 0.975 bits per heavy atom. The number of amides is 9. The molecule has 2 aromatic carbocycles. The van der Waals surface area contributed by atoms with Gasteiger partial charge in [-0.2, -0.15) is 0 Å². The van der Waals surface area contributed by atoms with Crippen molar-refractivity contribution >= 4 is 78.4 Å². The molecule has 40 heteroatoms. The highest BCUT2D eigenvalue weighted by Gasteiger charge is 2.40. The standard InChI is InChI=1S/C78H124N9O30P/c1-3-5-6-7-8-9-10-14-25-79-69(94)53-115-45-43-113-41-42-114-44-46-116-54-70(95)83-63(50-68(93)81-27-31-109-35-39-112-38-34-108-30-26-80-66(91)24-47-118(105,106)55-58(77(102)103)19-22-71(96)97)73(98)82-28-32-110-36-40-111-37-33-107-29-23-67(92)84-64(51-88)75(100)86-65(52-89)76(101)85-62(48-56-15-12-11-13-16-56)74(99)87-72-61(49-60(4-2)117-78(72)104)57-17-20-59(90)21-18-57/h4,11-13,15-18,20-21,58,61-65,72,88-90H,3,5-10,14,19,22-55H2,1-2H3,(H,79,94)(H,80,91)(H,81,93)(H,82,98)(H,83,95)(H,84,92)(H,85,101)(H,86,100)(H,87,99)(H,96,97)(H,102,103)(H,105,106). The number of allylic oxidation sites excluding steroid dienone is 2. The monoisotopic (exact) mass is 1700 g/mol. The van der Waals surface area contributed by atoms with E-state index in [2.05, 4.69) is 54.8 Å². The van der Waals surface area contributed by atoms with Crippen molar-refractivity contribution in [2.24, 2.45) is 5.92 Å². The average molecular weight is 1700 g/mol. The number of phenols is 1. The Hall–Kier alpha value is -8.67. The first kappa shape index (κ1) is 104. The van der Waals surface area contributed by atoms with Crippen LogP contribution in [0.5, 0.6) is 5.75 Å². The van der Waals surface area contributed by atoms with Crippen LogP contribution >= 0.6 is 7.37 Å². The first-order chi connectivity index (χ1) is 56.9. The lowest BCUT2D eigenvalue weighted by atomic mass is 9.85. The summed E-state index contributed by atoms with van der Waals surface area (Å²) in [6.07, 6.45) is 8.15. The van der Waals surface area contributed by atoms with Crippen LogP contribution in [0.4, 0.5) is 0 Å². The summed E-state index contributed by atoms with van der Waals surface area (Å²) in [6.45, 7) is 4.15. The van der Waals surface area contributed by atoms with E-state index in [1.165, 1.54) is 44.2 Å². The highest BCUT2D eigenvalue weighted by atomic mass is 31.2. The van der Waals surface area contributed by atoms with Gasteiger partial charge in [0.05, 0.1) is 144 Å². The number of unbranched alkanes of at least 4 members (excludes halogenated alkanes) is 7. The summed E-state index contributed by atoms with van der Waals surface area (Å²) in [6, 6.07) is 7.54. The first-order valence-electron chi connectivity index (χ1n) is 39.9. The fraction of sp³-hybridized carbons (Fsp3) is 0.667. The Kier molecular flexibility index (Phi) is 56.4. The third-order valence-corrected chi connectivity index (χ3v) is 19.6. The van der Waals surface area contributed by atoms with Crippen molar-refractivity contribution in [3.63, 3.8) is 0 Å². The summed E-state index contributed by atoms with van der Waals surface area (Å²) in [7, 11) is -4.03. The molecule has 3 rings (SSSR count). The molecule has 8 atom stereocenters. The molecule has 0 bridgehead atoms. The normalized spacial score (nSPS) is 15.4. The van der Waals surface area contributed by atoms with E-state index >= 15 is 0 Å². The number of esters is 1. The van der Waals surface area contributed by atoms with Crippen molar-refractivity contribution in [1.29, 1.82) is 0 Å². The van der Waals surface area contributed by atoms with Crippen molar-refractivity contribution in [2.75, 3.05) is 184 Å². The Labute approximate surface area is 687 Å². The molecule has 118 heavy (non-hydrogen) atoms. The van der Waals surface area contributed by atoms with Gasteiger partial charge >= 0.3 is 17.9 Å². The number of carboxylic acid groups (broad SMARTS) is 2. The number of hydrogen-bond donors (Lipinski definition) is 15. The molecule has 1 heterocycles. The maximum absolute atomic E-state index is 14.1. The number of phenolic OH excluding ortho intramolecular Hbond substituents is 1. The van der Waals surface area contributed by atoms with Gasteiger partial charge in [0.15, 0.2) is 0 Å². The molecule has 0 radical (unpaired) electrons. The number of carbonyl (C=O) groups excluding carboxylic acids is 10. The van der Waals surface area contributed by atoms with Crippen molar-refractivity contribution in [3.8, 4) is 5.75 Å². The molecule has 9 amide bonds. The average Bonchev–Trinajstić information content (AvgIpc) is 0.798. The molecule has 1 aliphatic heterocycles. The molecule has 666 valence electrons. The number of rotatable bonds is 71. The SMILES string of the molecule is CC=C1CC(c2ccc(O)cc2)C(NC(=O)C(Cc2ccccc2)NC(=O)C(CO)NC(=O)C(CO)NC(=O)CCOCCOCCOCCNC(=O)C(CC(=O)NCCOCCOCCOCCNC(=O)CCP(=O)(O)CC(CCC(=O)O)C(=O)O)NC(=O)COCCOCCOCCOCC(=O)NCCCCCCCCCC)C(=O)O1. The number of carboxylic acids is 2. The quantitative estimate of drug-likeness (QED) is 0.0231. The lowest BCUT2D eigenvalue weighted by molar-refractivity contribution is -0.148. The smallest absolute Gasteiger partial charge is 0.334 e. The van der Waals surface area contributed by atoms with Gasteiger partial charge in [0, 0.05) is 76.5 Å². The minimum Gasteiger partial charge on any atom is -0.508 e. The van der Waals surface area contributed by atoms with E-state index in [-0.39, 0.29) is 189 Å². The molecule has 1 aliphatic rings. The predicted octanol–water partition coefficient (Wildman–Crippen LogP) is -0.244. The molecule has 0 aliphatic carbocycles. The number of ether oxygens (including phenoxy) is 11. The summed E-state index contributed by atoms with van der Waals surface area (Å²) in [4.78, 5) is 163. The Morgan fingerprint density at radius 1 is 0.500 bits per heavy atom. The van der Waals surface area contributed by atoms with E-state index in [0.29, 0.717) is 23.4 Å². The van der Waals surface area contributed by atoms with Crippen LogP contribution in [0.15, 0.2) is 66.4 Å². The van der Waals surface area contributed by atoms with Gasteiger partial charge in [-0.1, -0.05) is 94.3 Å². The highest BCUT2D eigenvalue weighted by Crippen LogP contribution is 2.44. The maximum atomic E-state index is 14.1. The lowest BCUT2D eigenvalue weighted by Gasteiger charge is -2.33. The zero-order valence-corrected chi connectivity index (χ0v) is 68.5. The van der Waals surface area contributed by atoms with E-state index in [0.717, 1.165) is 19.3 Å². The minimum atomic E-state index is -4.03. The van der Waals surface area contributed by atoms with Gasteiger partial charge in [-0.3, -0.25) is 57.3 Å². The third-order valence-electron chi connectivity index (χ3n) is 17.7. The highest BCUT2D eigenvalue weighted by molar-refractivity contribution is 7.58. The van der Waals surface area contributed by atoms with Gasteiger partial charge in [-0.25, -0.2) is 4.79 Å². The molecule has 1 saturated heterocycles. The number of aliphatic hydroxyl groups is 2. The van der Waals surface area contributed by atoms with Gasteiger partial charge in [0.2, 0.25) is 60.5 Å². The second-order valence-corrected chi connectivity index (χ2v) is 29.7. The maximum Gasteiger partial charge on any atom is 0.334 e. The van der Waals surface area contributed by atoms with Gasteiger partial charge in [-0.15, -0.1) is 0 Å². The number of aliphatic carboxylic acids is 2. The Balaban J connectivity index is 1.36. The zero-order valence-electron chi connectivity index (χ0n) is 67.6. The van der Waals surface area contributed by atoms with Crippen LogP contribution in [-0.4, -0.2) is 316 Å². The van der Waals surface area contributed by atoms with Crippen LogP contribution in [0.25, 0.3) is 0 Å². The second kappa shape index (κ2) is 64.3. The van der Waals surface area contributed by atoms with Crippen molar-refractivity contribution in [3.05, 3.63) is 77.6 Å². The predicted molar refractivity (Wildman–Crippen MR) is 424 cm³/mol. The number of nitrogens with one attached hydrogen (secondary N) is 9. The topological polar surface area (TPSA) is 553 Å². The van der Waals surface area contributed by atoms with E-state index in [1.807, 2.05) is 0 Å². The number of cyclic esters (lactones) is 1.